The number of nitrogens with zero attached hydrogens (tertiary/aromatic N) is 3. The van der Waals surface area contributed by atoms with Crippen LogP contribution < -0.4 is 0 Å². The zero-order valence-corrected chi connectivity index (χ0v) is 8.03. The van der Waals surface area contributed by atoms with Crippen LogP contribution in [0.5, 0.6) is 0 Å². The quantitative estimate of drug-likeness (QED) is 0.680. The Morgan fingerprint density at radius 2 is 2.00 bits per heavy atom. The van der Waals surface area contributed by atoms with Gasteiger partial charge < -0.3 is 0 Å². The first-order chi connectivity index (χ1) is 6.40. The highest BCUT2D eigenvalue weighted by atomic mass is 32.2. The third-order valence-electron chi connectivity index (χ3n) is 1.67. The van der Waals surface area contributed by atoms with E-state index in [1.807, 2.05) is 36.6 Å². The summed E-state index contributed by atoms with van der Waals surface area (Å²) >= 11 is 1.59. The average Bonchev–Trinajstić information content (AvgIpc) is 2.67. The first-order valence-electron chi connectivity index (χ1n) is 3.92. The molecule has 2 aromatic rings. The molecule has 0 radical (unpaired) electrons. The normalized spacial score (nSPS) is 10.2. The van der Waals surface area contributed by atoms with Crippen LogP contribution in [0.3, 0.4) is 0 Å². The van der Waals surface area contributed by atoms with Crippen molar-refractivity contribution >= 4 is 11.8 Å². The molecule has 1 heterocycles. The molecule has 0 bridgehead atoms. The van der Waals surface area contributed by atoms with Gasteiger partial charge in [-0.15, -0.1) is 16.9 Å². The molecule has 0 saturated heterocycles. The van der Waals surface area contributed by atoms with Crippen LogP contribution in [0.15, 0.2) is 41.6 Å². The summed E-state index contributed by atoms with van der Waals surface area (Å²) in [4.78, 5) is 1.63. The summed E-state index contributed by atoms with van der Waals surface area (Å²) in [6, 6.07) is 9.87. The number of aromatic nitrogens is 3. The predicted molar refractivity (Wildman–Crippen MR) is 53.1 cm³/mol. The molecule has 0 atom stereocenters. The maximum atomic E-state index is 4.27. The Hall–Kier alpha value is -1.29. The molecule has 1 aromatic carbocycles. The number of benzene rings is 1. The van der Waals surface area contributed by atoms with Gasteiger partial charge in [0.15, 0.2) is 0 Å². The molecule has 0 saturated carbocycles. The molecule has 0 amide bonds. The molecule has 3 nitrogen and oxygen atoms in total. The molecule has 0 N–H and O–H groups in total. The molecule has 1 aromatic heterocycles. The van der Waals surface area contributed by atoms with Gasteiger partial charge in [0.2, 0.25) is 0 Å². The van der Waals surface area contributed by atoms with Gasteiger partial charge in [-0.25, -0.2) is 0 Å². The fourth-order valence-electron chi connectivity index (χ4n) is 1.03. The fourth-order valence-corrected chi connectivity index (χ4v) is 1.34. The van der Waals surface area contributed by atoms with Crippen LogP contribution in [-0.4, -0.2) is 21.2 Å². The first kappa shape index (κ1) is 8.31. The monoisotopic (exact) mass is 191 g/mol. The van der Waals surface area contributed by atoms with Crippen molar-refractivity contribution in [3.8, 4) is 5.69 Å². The van der Waals surface area contributed by atoms with E-state index in [2.05, 4.69) is 10.2 Å². The van der Waals surface area contributed by atoms with Gasteiger partial charge in [0.05, 0.1) is 11.9 Å². The highest BCUT2D eigenvalue weighted by Crippen LogP contribution is 2.10. The highest BCUT2D eigenvalue weighted by Gasteiger charge is 1.99. The van der Waals surface area contributed by atoms with Gasteiger partial charge in [-0.2, -0.15) is 9.90 Å². The smallest absolute Gasteiger partial charge is 0.139 e. The van der Waals surface area contributed by atoms with Crippen LogP contribution in [0.4, 0.5) is 0 Å². The maximum Gasteiger partial charge on any atom is 0.139 e. The van der Waals surface area contributed by atoms with Gasteiger partial charge in [-0.1, -0.05) is 18.2 Å². The van der Waals surface area contributed by atoms with Crippen molar-refractivity contribution in [1.82, 2.24) is 15.0 Å². The Kier molecular flexibility index (Phi) is 2.31. The van der Waals surface area contributed by atoms with Crippen molar-refractivity contribution in [3.63, 3.8) is 0 Å². The summed E-state index contributed by atoms with van der Waals surface area (Å²) in [6.07, 6.45) is 3.75. The van der Waals surface area contributed by atoms with E-state index in [0.29, 0.717) is 0 Å². The van der Waals surface area contributed by atoms with Crippen molar-refractivity contribution in [3.05, 3.63) is 36.5 Å². The third-order valence-corrected chi connectivity index (χ3v) is 2.27. The predicted octanol–water partition coefficient (Wildman–Crippen LogP) is 1.99. The number of hydrogen-bond donors (Lipinski definition) is 0. The number of para-hydroxylation sites is 1. The Morgan fingerprint density at radius 3 is 2.62 bits per heavy atom. The second kappa shape index (κ2) is 3.62. The van der Waals surface area contributed by atoms with E-state index in [-0.39, 0.29) is 0 Å². The zero-order valence-electron chi connectivity index (χ0n) is 7.21. The molecule has 0 unspecified atom stereocenters. The minimum atomic E-state index is 0.934. The van der Waals surface area contributed by atoms with E-state index in [0.717, 1.165) is 10.7 Å². The lowest BCUT2D eigenvalue weighted by Crippen LogP contribution is -1.97. The Bertz CT molecular complexity index is 383. The molecule has 0 spiro atoms. The summed E-state index contributed by atoms with van der Waals surface area (Å²) in [5, 5.41) is 9.34. The van der Waals surface area contributed by atoms with Gasteiger partial charge in [0, 0.05) is 0 Å². The summed E-state index contributed by atoms with van der Waals surface area (Å²) in [5.41, 5.74) is 0.989. The van der Waals surface area contributed by atoms with E-state index in [1.165, 1.54) is 0 Å². The molecule has 66 valence electrons. The van der Waals surface area contributed by atoms with Crippen LogP contribution in [0.25, 0.3) is 5.69 Å². The van der Waals surface area contributed by atoms with E-state index >= 15 is 0 Å². The van der Waals surface area contributed by atoms with Gasteiger partial charge >= 0.3 is 0 Å². The molecule has 2 rings (SSSR count). The van der Waals surface area contributed by atoms with Crippen LogP contribution in [0, 0.1) is 0 Å². The van der Waals surface area contributed by atoms with E-state index < -0.39 is 0 Å². The summed E-state index contributed by atoms with van der Waals surface area (Å²) in [7, 11) is 0. The van der Waals surface area contributed by atoms with Crippen LogP contribution in [0.2, 0.25) is 0 Å². The van der Waals surface area contributed by atoms with E-state index in [1.54, 1.807) is 22.8 Å². The summed E-state index contributed by atoms with van der Waals surface area (Å²) < 4.78 is 0. The summed E-state index contributed by atoms with van der Waals surface area (Å²) in [6.45, 7) is 0. The van der Waals surface area contributed by atoms with Crippen molar-refractivity contribution < 1.29 is 0 Å². The number of hydrogen-bond acceptors (Lipinski definition) is 3. The molecule has 0 aliphatic heterocycles. The van der Waals surface area contributed by atoms with Crippen LogP contribution in [-0.2, 0) is 0 Å². The molecule has 0 fully saturated rings. The Labute approximate surface area is 80.8 Å². The molecule has 0 aliphatic carbocycles. The molecule has 0 aliphatic rings. The van der Waals surface area contributed by atoms with Crippen molar-refractivity contribution in [2.24, 2.45) is 0 Å². The highest BCUT2D eigenvalue weighted by molar-refractivity contribution is 7.98. The SMILES string of the molecule is CSc1cnn(-c2ccccc2)n1. The van der Waals surface area contributed by atoms with Crippen molar-refractivity contribution in [2.45, 2.75) is 5.03 Å². The summed E-state index contributed by atoms with van der Waals surface area (Å²) in [5.74, 6) is 0. The lowest BCUT2D eigenvalue weighted by molar-refractivity contribution is 0.735. The molecular formula is C9H9N3S. The maximum absolute atomic E-state index is 4.27. The van der Waals surface area contributed by atoms with E-state index in [4.69, 9.17) is 0 Å². The van der Waals surface area contributed by atoms with Gasteiger partial charge in [0.1, 0.15) is 5.03 Å². The fraction of sp³-hybridized carbons (Fsp3) is 0.111. The second-order valence-corrected chi connectivity index (χ2v) is 3.34. The van der Waals surface area contributed by atoms with E-state index in [9.17, 15) is 0 Å². The van der Waals surface area contributed by atoms with Gasteiger partial charge in [-0.05, 0) is 18.4 Å². The lowest BCUT2D eigenvalue weighted by Gasteiger charge is -1.96. The Morgan fingerprint density at radius 1 is 1.23 bits per heavy atom. The third kappa shape index (κ3) is 1.72. The minimum Gasteiger partial charge on any atom is -0.156 e. The molecular weight excluding hydrogens is 182 g/mol. The number of rotatable bonds is 2. The molecule has 4 heteroatoms. The largest absolute Gasteiger partial charge is 0.156 e. The van der Waals surface area contributed by atoms with Crippen LogP contribution in [0.1, 0.15) is 0 Å². The van der Waals surface area contributed by atoms with Gasteiger partial charge in [-0.3, -0.25) is 0 Å². The van der Waals surface area contributed by atoms with Crippen molar-refractivity contribution in [1.29, 1.82) is 0 Å². The molecule has 13 heavy (non-hydrogen) atoms. The second-order valence-electron chi connectivity index (χ2n) is 2.51. The standard InChI is InChI=1S/C9H9N3S/c1-13-9-7-10-12(11-9)8-5-3-2-4-6-8/h2-7H,1H3. The lowest BCUT2D eigenvalue weighted by atomic mass is 10.3. The Balaban J connectivity index is 2.36. The first-order valence-corrected chi connectivity index (χ1v) is 5.14. The van der Waals surface area contributed by atoms with Crippen LogP contribution >= 0.6 is 11.8 Å². The van der Waals surface area contributed by atoms with Crippen molar-refractivity contribution in [2.75, 3.05) is 6.26 Å². The number of thioether (sulfide) groups is 1. The topological polar surface area (TPSA) is 30.7 Å². The minimum absolute atomic E-state index is 0.934. The zero-order chi connectivity index (χ0) is 9.10. The van der Waals surface area contributed by atoms with Gasteiger partial charge in [0.25, 0.3) is 0 Å². The average molecular weight is 191 g/mol.